The smallest absolute Gasteiger partial charge is 0.416 e. The normalized spacial score (nSPS) is 11.9. The number of ether oxygens (including phenoxy) is 1. The van der Waals surface area contributed by atoms with E-state index in [9.17, 15) is 13.2 Å². The highest BCUT2D eigenvalue weighted by Gasteiger charge is 2.33. The fourth-order valence-corrected chi connectivity index (χ4v) is 2.36. The van der Waals surface area contributed by atoms with E-state index in [4.69, 9.17) is 4.74 Å². The fourth-order valence-electron chi connectivity index (χ4n) is 2.36. The van der Waals surface area contributed by atoms with Gasteiger partial charge in [0.15, 0.2) is 5.96 Å². The Balaban J connectivity index is 0.00000392. The molecule has 1 aromatic carbocycles. The number of aryl methyl sites for hydroxylation is 1. The van der Waals surface area contributed by atoms with Crippen LogP contribution < -0.4 is 15.4 Å². The van der Waals surface area contributed by atoms with E-state index in [1.54, 1.807) is 25.6 Å². The zero-order valence-electron chi connectivity index (χ0n) is 16.0. The van der Waals surface area contributed by atoms with Crippen LogP contribution in [0.4, 0.5) is 13.2 Å². The minimum atomic E-state index is -4.48. The standard InChI is InChI=1S/C17H23F3N6O.HI/c1-11(2)27-13-6-5-12(14(7-13)17(18,19)20)8-22-16(21-3)23-9-15-24-10-25-26(15)4;/h5-7,10-11H,8-9H2,1-4H3,(H2,21,22,23);1H. The van der Waals surface area contributed by atoms with Crippen molar-refractivity contribution in [3.05, 3.63) is 41.5 Å². The highest BCUT2D eigenvalue weighted by molar-refractivity contribution is 14.0. The van der Waals surface area contributed by atoms with Gasteiger partial charge in [-0.15, -0.1) is 24.0 Å². The molecule has 0 amide bonds. The molecule has 0 saturated heterocycles. The second-order valence-electron chi connectivity index (χ2n) is 6.06. The minimum Gasteiger partial charge on any atom is -0.491 e. The van der Waals surface area contributed by atoms with Crippen LogP contribution in [-0.4, -0.2) is 33.9 Å². The number of halogens is 4. The summed E-state index contributed by atoms with van der Waals surface area (Å²) in [5.41, 5.74) is -0.642. The highest BCUT2D eigenvalue weighted by atomic mass is 127. The van der Waals surface area contributed by atoms with Gasteiger partial charge in [0.05, 0.1) is 18.2 Å². The molecule has 2 N–H and O–H groups in total. The van der Waals surface area contributed by atoms with Gasteiger partial charge in [0, 0.05) is 20.6 Å². The molecule has 0 atom stereocenters. The van der Waals surface area contributed by atoms with Gasteiger partial charge in [-0.1, -0.05) is 6.07 Å². The Morgan fingerprint density at radius 1 is 1.25 bits per heavy atom. The van der Waals surface area contributed by atoms with Crippen molar-refractivity contribution in [2.24, 2.45) is 12.0 Å². The number of hydrogen-bond acceptors (Lipinski definition) is 4. The molecule has 0 aliphatic carbocycles. The summed E-state index contributed by atoms with van der Waals surface area (Å²) in [4.78, 5) is 8.08. The zero-order valence-corrected chi connectivity index (χ0v) is 18.4. The summed E-state index contributed by atoms with van der Waals surface area (Å²) in [5.74, 6) is 1.21. The Labute approximate surface area is 178 Å². The summed E-state index contributed by atoms with van der Waals surface area (Å²) >= 11 is 0. The Kier molecular flexibility index (Phi) is 8.98. The summed E-state index contributed by atoms with van der Waals surface area (Å²) in [7, 11) is 3.28. The number of aliphatic imine (C=N–C) groups is 1. The lowest BCUT2D eigenvalue weighted by molar-refractivity contribution is -0.138. The molecule has 0 unspecified atom stereocenters. The highest BCUT2D eigenvalue weighted by Crippen LogP contribution is 2.34. The Morgan fingerprint density at radius 2 is 1.93 bits per heavy atom. The largest absolute Gasteiger partial charge is 0.491 e. The fraction of sp³-hybridized carbons (Fsp3) is 0.471. The van der Waals surface area contributed by atoms with Crippen molar-refractivity contribution in [2.75, 3.05) is 7.05 Å². The van der Waals surface area contributed by atoms with Crippen LogP contribution in [0.1, 0.15) is 30.8 Å². The molecule has 28 heavy (non-hydrogen) atoms. The van der Waals surface area contributed by atoms with Crippen molar-refractivity contribution < 1.29 is 17.9 Å². The number of hydrogen-bond donors (Lipinski definition) is 2. The zero-order chi connectivity index (χ0) is 20.0. The van der Waals surface area contributed by atoms with E-state index in [0.29, 0.717) is 18.3 Å². The van der Waals surface area contributed by atoms with Crippen LogP contribution in [0, 0.1) is 0 Å². The Bertz CT molecular complexity index is 791. The average Bonchev–Trinajstić information content (AvgIpc) is 2.99. The molecule has 0 aliphatic rings. The summed E-state index contributed by atoms with van der Waals surface area (Å²) in [6.07, 6.45) is -3.27. The van der Waals surface area contributed by atoms with Gasteiger partial charge in [-0.25, -0.2) is 4.98 Å². The molecule has 1 aromatic heterocycles. The summed E-state index contributed by atoms with van der Waals surface area (Å²) in [5, 5.41) is 9.82. The lowest BCUT2D eigenvalue weighted by Gasteiger charge is -2.18. The van der Waals surface area contributed by atoms with E-state index in [0.717, 1.165) is 6.07 Å². The molecule has 11 heteroatoms. The SMILES string of the molecule is CN=C(NCc1ccc(OC(C)C)cc1C(F)(F)F)NCc1ncnn1C.I. The third-order valence-electron chi connectivity index (χ3n) is 3.65. The van der Waals surface area contributed by atoms with Gasteiger partial charge in [-0.3, -0.25) is 9.67 Å². The third kappa shape index (κ3) is 6.84. The van der Waals surface area contributed by atoms with Crippen LogP contribution in [0.25, 0.3) is 0 Å². The molecule has 0 radical (unpaired) electrons. The second-order valence-corrected chi connectivity index (χ2v) is 6.06. The van der Waals surface area contributed by atoms with Gasteiger partial charge in [0.25, 0.3) is 0 Å². The van der Waals surface area contributed by atoms with Gasteiger partial charge in [-0.2, -0.15) is 18.3 Å². The number of benzene rings is 1. The molecule has 1 heterocycles. The van der Waals surface area contributed by atoms with Crippen LogP contribution >= 0.6 is 24.0 Å². The van der Waals surface area contributed by atoms with Crippen molar-refractivity contribution in [3.63, 3.8) is 0 Å². The topological polar surface area (TPSA) is 76.4 Å². The van der Waals surface area contributed by atoms with Crippen molar-refractivity contribution in [2.45, 2.75) is 39.2 Å². The van der Waals surface area contributed by atoms with E-state index in [1.165, 1.54) is 25.5 Å². The van der Waals surface area contributed by atoms with E-state index in [-0.39, 0.29) is 47.9 Å². The van der Waals surface area contributed by atoms with E-state index >= 15 is 0 Å². The van der Waals surface area contributed by atoms with Crippen LogP contribution in [0.2, 0.25) is 0 Å². The number of nitrogens with zero attached hydrogens (tertiary/aromatic N) is 4. The number of nitrogens with one attached hydrogen (secondary N) is 2. The molecular weight excluding hydrogens is 488 g/mol. The first kappa shape index (κ1) is 24.0. The third-order valence-corrected chi connectivity index (χ3v) is 3.65. The van der Waals surface area contributed by atoms with Crippen LogP contribution in [0.15, 0.2) is 29.5 Å². The van der Waals surface area contributed by atoms with Crippen molar-refractivity contribution in [3.8, 4) is 5.75 Å². The van der Waals surface area contributed by atoms with Gasteiger partial charge >= 0.3 is 6.18 Å². The monoisotopic (exact) mass is 512 g/mol. The quantitative estimate of drug-likeness (QED) is 0.354. The Morgan fingerprint density at radius 3 is 2.46 bits per heavy atom. The van der Waals surface area contributed by atoms with Crippen molar-refractivity contribution in [1.82, 2.24) is 25.4 Å². The van der Waals surface area contributed by atoms with Crippen molar-refractivity contribution in [1.29, 1.82) is 0 Å². The van der Waals surface area contributed by atoms with Gasteiger partial charge in [0.1, 0.15) is 17.9 Å². The first-order valence-corrected chi connectivity index (χ1v) is 8.35. The van der Waals surface area contributed by atoms with Gasteiger partial charge in [0.2, 0.25) is 0 Å². The molecular formula is C17H24F3IN6O. The van der Waals surface area contributed by atoms with E-state index in [2.05, 4.69) is 25.7 Å². The first-order valence-electron chi connectivity index (χ1n) is 8.35. The molecule has 0 bridgehead atoms. The van der Waals surface area contributed by atoms with Crippen LogP contribution in [0.3, 0.4) is 0 Å². The van der Waals surface area contributed by atoms with Crippen molar-refractivity contribution >= 4 is 29.9 Å². The molecule has 2 aromatic rings. The maximum Gasteiger partial charge on any atom is 0.416 e. The summed E-state index contributed by atoms with van der Waals surface area (Å²) < 4.78 is 47.2. The molecule has 0 fully saturated rings. The second kappa shape index (κ2) is 10.5. The molecule has 0 spiro atoms. The lowest BCUT2D eigenvalue weighted by atomic mass is 10.1. The lowest BCUT2D eigenvalue weighted by Crippen LogP contribution is -2.37. The number of alkyl halides is 3. The summed E-state index contributed by atoms with van der Waals surface area (Å²) in [6.45, 7) is 3.81. The maximum atomic E-state index is 13.4. The number of aromatic nitrogens is 3. The summed E-state index contributed by atoms with van der Waals surface area (Å²) in [6, 6.07) is 3.96. The predicted octanol–water partition coefficient (Wildman–Crippen LogP) is 3.10. The van der Waals surface area contributed by atoms with E-state index < -0.39 is 11.7 Å². The molecule has 7 nitrogen and oxygen atoms in total. The molecule has 0 aliphatic heterocycles. The number of guanidine groups is 1. The average molecular weight is 512 g/mol. The minimum absolute atomic E-state index is 0. The molecule has 156 valence electrons. The van der Waals surface area contributed by atoms with Gasteiger partial charge < -0.3 is 15.4 Å². The van der Waals surface area contributed by atoms with Crippen LogP contribution in [-0.2, 0) is 26.3 Å². The first-order chi connectivity index (χ1) is 12.7. The predicted molar refractivity (Wildman–Crippen MR) is 111 cm³/mol. The number of rotatable bonds is 6. The molecule has 0 saturated carbocycles. The Hall–Kier alpha value is -2.05. The maximum absolute atomic E-state index is 13.4. The van der Waals surface area contributed by atoms with Crippen LogP contribution in [0.5, 0.6) is 5.75 Å². The molecule has 2 rings (SSSR count). The van der Waals surface area contributed by atoms with E-state index in [1.807, 2.05) is 0 Å². The van der Waals surface area contributed by atoms with Gasteiger partial charge in [-0.05, 0) is 31.5 Å².